The van der Waals surface area contributed by atoms with Crippen molar-refractivity contribution in [1.82, 2.24) is 10.9 Å². The fraction of sp³-hybridized carbons (Fsp3) is 0.588. The van der Waals surface area contributed by atoms with Crippen molar-refractivity contribution in [2.75, 3.05) is 0 Å². The Bertz CT molecular complexity index is 564. The Balaban J connectivity index is 1.41. The number of carbonyl (C=O) groups is 2. The maximum atomic E-state index is 12.7. The lowest BCUT2D eigenvalue weighted by atomic mass is 9.49. The molecule has 0 atom stereocenters. The molecular weight excluding hydrogens is 278 g/mol. The minimum Gasteiger partial charge on any atom is -0.273 e. The zero-order valence-electron chi connectivity index (χ0n) is 12.6. The largest absolute Gasteiger partial charge is 0.273 e. The molecule has 1 heterocycles. The molecule has 2 amide bonds. The zero-order chi connectivity index (χ0) is 15.2. The lowest BCUT2D eigenvalue weighted by Gasteiger charge is -2.55. The summed E-state index contributed by atoms with van der Waals surface area (Å²) in [5.74, 6) is 1.90. The SMILES string of the molecule is O=C(NNC(=O)C12CC3CC(CC(C3)C1)C2)c1cc[nH+]cc1. The number of pyridine rings is 1. The van der Waals surface area contributed by atoms with Gasteiger partial charge in [-0.15, -0.1) is 0 Å². The number of nitrogens with one attached hydrogen (secondary N) is 3. The van der Waals surface area contributed by atoms with E-state index in [0.717, 1.165) is 37.0 Å². The van der Waals surface area contributed by atoms with E-state index >= 15 is 0 Å². The molecule has 4 fully saturated rings. The minimum absolute atomic E-state index is 0.0162. The third-order valence-corrected chi connectivity index (χ3v) is 5.79. The Morgan fingerprint density at radius 1 is 0.955 bits per heavy atom. The standard InChI is InChI=1S/C17H21N3O2/c21-15(14-1-3-18-4-2-14)19-20-16(22)17-8-11-5-12(9-17)7-13(6-11)10-17/h1-4,11-13H,5-10H2,(H,19,21)(H,20,22)/p+1. The van der Waals surface area contributed by atoms with E-state index in [1.807, 2.05) is 0 Å². The molecule has 1 aromatic heterocycles. The van der Waals surface area contributed by atoms with Gasteiger partial charge in [-0.25, -0.2) is 4.98 Å². The lowest BCUT2D eigenvalue weighted by molar-refractivity contribution is -0.378. The number of H-pyrrole nitrogens is 1. The molecule has 4 bridgehead atoms. The van der Waals surface area contributed by atoms with Gasteiger partial charge < -0.3 is 0 Å². The second-order valence-electron chi connectivity index (χ2n) is 7.39. The average Bonchev–Trinajstić information content (AvgIpc) is 2.51. The third kappa shape index (κ3) is 2.28. The van der Waals surface area contributed by atoms with Crippen LogP contribution in [-0.2, 0) is 4.79 Å². The monoisotopic (exact) mass is 300 g/mol. The molecule has 4 saturated carbocycles. The molecule has 5 heteroatoms. The van der Waals surface area contributed by atoms with E-state index in [-0.39, 0.29) is 17.2 Å². The van der Waals surface area contributed by atoms with Crippen LogP contribution in [0.15, 0.2) is 24.5 Å². The number of amides is 2. The summed E-state index contributed by atoms with van der Waals surface area (Å²) in [6, 6.07) is 3.37. The highest BCUT2D eigenvalue weighted by molar-refractivity contribution is 5.95. The summed E-state index contributed by atoms with van der Waals surface area (Å²) in [6.45, 7) is 0. The third-order valence-electron chi connectivity index (χ3n) is 5.79. The summed E-state index contributed by atoms with van der Waals surface area (Å²) in [6.07, 6.45) is 10.3. The van der Waals surface area contributed by atoms with E-state index in [2.05, 4.69) is 15.8 Å². The number of aromatic amines is 1. The van der Waals surface area contributed by atoms with Crippen LogP contribution in [0, 0.1) is 23.2 Å². The molecule has 0 saturated heterocycles. The molecule has 4 aliphatic carbocycles. The highest BCUT2D eigenvalue weighted by Crippen LogP contribution is 2.59. The Kier molecular flexibility index (Phi) is 3.17. The van der Waals surface area contributed by atoms with E-state index in [0.29, 0.717) is 5.56 Å². The average molecular weight is 300 g/mol. The van der Waals surface area contributed by atoms with Gasteiger partial charge in [-0.05, 0) is 56.3 Å². The predicted octanol–water partition coefficient (Wildman–Crippen LogP) is 1.48. The smallest absolute Gasteiger partial charge is 0.270 e. The van der Waals surface area contributed by atoms with Gasteiger partial charge in [-0.3, -0.25) is 20.4 Å². The van der Waals surface area contributed by atoms with E-state index in [1.54, 1.807) is 24.5 Å². The molecule has 1 aromatic rings. The first-order valence-corrected chi connectivity index (χ1v) is 8.21. The first kappa shape index (κ1) is 13.7. The van der Waals surface area contributed by atoms with Gasteiger partial charge in [0, 0.05) is 12.1 Å². The van der Waals surface area contributed by atoms with E-state index in [9.17, 15) is 9.59 Å². The number of hydrogen-bond acceptors (Lipinski definition) is 2. The first-order chi connectivity index (χ1) is 10.6. The lowest BCUT2D eigenvalue weighted by Crippen LogP contribution is -2.56. The fourth-order valence-corrected chi connectivity index (χ4v) is 5.25. The van der Waals surface area contributed by atoms with Crippen LogP contribution >= 0.6 is 0 Å². The molecule has 116 valence electrons. The highest BCUT2D eigenvalue weighted by Gasteiger charge is 2.54. The summed E-state index contributed by atoms with van der Waals surface area (Å²) in [7, 11) is 0. The molecular formula is C17H22N3O2+. The minimum atomic E-state index is -0.271. The molecule has 0 aromatic carbocycles. The van der Waals surface area contributed by atoms with Crippen molar-refractivity contribution >= 4 is 11.8 Å². The van der Waals surface area contributed by atoms with E-state index in [4.69, 9.17) is 0 Å². The van der Waals surface area contributed by atoms with Crippen LogP contribution in [0.1, 0.15) is 48.9 Å². The number of hydrogen-bond donors (Lipinski definition) is 2. The van der Waals surface area contributed by atoms with Gasteiger partial charge in [-0.1, -0.05) is 0 Å². The summed E-state index contributed by atoms with van der Waals surface area (Å²) in [4.78, 5) is 27.6. The second-order valence-corrected chi connectivity index (χ2v) is 7.39. The zero-order valence-corrected chi connectivity index (χ0v) is 12.6. The van der Waals surface area contributed by atoms with Crippen molar-refractivity contribution in [3.8, 4) is 0 Å². The molecule has 0 radical (unpaired) electrons. The van der Waals surface area contributed by atoms with Crippen LogP contribution in [0.5, 0.6) is 0 Å². The Labute approximate surface area is 129 Å². The van der Waals surface area contributed by atoms with Gasteiger partial charge in [0.1, 0.15) is 0 Å². The van der Waals surface area contributed by atoms with Crippen molar-refractivity contribution in [2.24, 2.45) is 23.2 Å². The Morgan fingerprint density at radius 3 is 2.05 bits per heavy atom. The van der Waals surface area contributed by atoms with Crippen LogP contribution in [0.2, 0.25) is 0 Å². The normalized spacial score (nSPS) is 35.2. The summed E-state index contributed by atoms with van der Waals surface area (Å²) < 4.78 is 0. The topological polar surface area (TPSA) is 72.3 Å². The fourth-order valence-electron chi connectivity index (χ4n) is 5.25. The van der Waals surface area contributed by atoms with E-state index < -0.39 is 0 Å². The van der Waals surface area contributed by atoms with Gasteiger partial charge in [0.25, 0.3) is 5.91 Å². The van der Waals surface area contributed by atoms with Gasteiger partial charge >= 0.3 is 0 Å². The van der Waals surface area contributed by atoms with Crippen LogP contribution in [0.25, 0.3) is 0 Å². The Morgan fingerprint density at radius 2 is 1.50 bits per heavy atom. The molecule has 4 aliphatic rings. The van der Waals surface area contributed by atoms with Crippen molar-refractivity contribution in [3.05, 3.63) is 30.1 Å². The van der Waals surface area contributed by atoms with Crippen molar-refractivity contribution in [3.63, 3.8) is 0 Å². The number of hydrazine groups is 1. The van der Waals surface area contributed by atoms with Gasteiger partial charge in [0.2, 0.25) is 5.91 Å². The van der Waals surface area contributed by atoms with Crippen molar-refractivity contribution < 1.29 is 14.6 Å². The predicted molar refractivity (Wildman–Crippen MR) is 79.2 cm³/mol. The summed E-state index contributed by atoms with van der Waals surface area (Å²) in [5.41, 5.74) is 5.56. The maximum absolute atomic E-state index is 12.7. The Hall–Kier alpha value is -1.91. The molecule has 5 rings (SSSR count). The summed E-state index contributed by atoms with van der Waals surface area (Å²) >= 11 is 0. The van der Waals surface area contributed by atoms with Crippen LogP contribution < -0.4 is 15.8 Å². The second kappa shape index (κ2) is 5.07. The quantitative estimate of drug-likeness (QED) is 0.812. The van der Waals surface area contributed by atoms with E-state index in [1.165, 1.54) is 19.3 Å². The van der Waals surface area contributed by atoms with Gasteiger partial charge in [0.05, 0.1) is 11.0 Å². The molecule has 5 nitrogen and oxygen atoms in total. The molecule has 0 aliphatic heterocycles. The molecule has 0 spiro atoms. The first-order valence-electron chi connectivity index (χ1n) is 8.21. The maximum Gasteiger partial charge on any atom is 0.270 e. The molecule has 0 unspecified atom stereocenters. The molecule has 22 heavy (non-hydrogen) atoms. The van der Waals surface area contributed by atoms with Crippen LogP contribution in [-0.4, -0.2) is 11.8 Å². The van der Waals surface area contributed by atoms with Crippen LogP contribution in [0.4, 0.5) is 0 Å². The number of aromatic nitrogens is 1. The van der Waals surface area contributed by atoms with Crippen LogP contribution in [0.3, 0.4) is 0 Å². The van der Waals surface area contributed by atoms with Crippen molar-refractivity contribution in [2.45, 2.75) is 38.5 Å². The molecule has 3 N–H and O–H groups in total. The van der Waals surface area contributed by atoms with Crippen molar-refractivity contribution in [1.29, 1.82) is 0 Å². The summed E-state index contributed by atoms with van der Waals surface area (Å²) in [5, 5.41) is 0. The highest BCUT2D eigenvalue weighted by atomic mass is 16.2. The van der Waals surface area contributed by atoms with Gasteiger partial charge in [0.15, 0.2) is 12.4 Å². The number of carbonyl (C=O) groups excluding carboxylic acids is 2. The van der Waals surface area contributed by atoms with Gasteiger partial charge in [-0.2, -0.15) is 0 Å². The number of rotatable bonds is 2.